The highest BCUT2D eigenvalue weighted by molar-refractivity contribution is 6.32. The van der Waals surface area contributed by atoms with E-state index in [1.807, 2.05) is 30.3 Å². The third-order valence-electron chi connectivity index (χ3n) is 4.10. The van der Waals surface area contributed by atoms with E-state index < -0.39 is 35.1 Å². The molecule has 1 aromatic carbocycles. The molecular weight excluding hydrogens is 330 g/mol. The number of carbonyl (C=O) groups excluding carboxylic acids is 2. The zero-order valence-electron chi connectivity index (χ0n) is 14.0. The molecule has 1 aliphatic heterocycles. The number of ether oxygens (including phenoxy) is 1. The molecule has 0 bridgehead atoms. The smallest absolute Gasteiger partial charge is 0.417 e. The third kappa shape index (κ3) is 3.79. The van der Waals surface area contributed by atoms with Gasteiger partial charge in [-0.15, -0.1) is 11.6 Å². The molecule has 1 heterocycles. The first-order chi connectivity index (χ1) is 11.3. The van der Waals surface area contributed by atoms with Crippen LogP contribution in [0.5, 0.6) is 0 Å². The predicted octanol–water partition coefficient (Wildman–Crippen LogP) is 2.90. The monoisotopic (exact) mass is 351 g/mol. The van der Waals surface area contributed by atoms with Crippen molar-refractivity contribution in [1.82, 2.24) is 4.90 Å². The third-order valence-corrected chi connectivity index (χ3v) is 4.54. The predicted molar refractivity (Wildman–Crippen MR) is 91.8 cm³/mol. The molecule has 0 unspecified atom stereocenters. The van der Waals surface area contributed by atoms with Gasteiger partial charge < -0.3 is 9.84 Å². The lowest BCUT2D eigenvalue weighted by molar-refractivity contribution is -0.130. The topological polar surface area (TPSA) is 66.8 Å². The van der Waals surface area contributed by atoms with Crippen molar-refractivity contribution in [2.24, 2.45) is 0 Å². The molecule has 5 nitrogen and oxygen atoms in total. The molecule has 1 aromatic rings. The van der Waals surface area contributed by atoms with Crippen LogP contribution in [-0.4, -0.2) is 45.1 Å². The molecule has 2 rings (SSSR count). The van der Waals surface area contributed by atoms with Gasteiger partial charge in [0.25, 0.3) is 5.91 Å². The number of rotatable bonds is 5. The summed E-state index contributed by atoms with van der Waals surface area (Å²) in [6, 6.07) is 9.04. The van der Waals surface area contributed by atoms with Gasteiger partial charge in [-0.05, 0) is 32.8 Å². The molecule has 6 heteroatoms. The molecular formula is C18H22ClNO4. The normalized spacial score (nSPS) is 22.5. The van der Waals surface area contributed by atoms with Gasteiger partial charge in [0.05, 0.1) is 12.1 Å². The van der Waals surface area contributed by atoms with E-state index in [1.165, 1.54) is 6.08 Å². The van der Waals surface area contributed by atoms with Crippen LogP contribution in [0.4, 0.5) is 4.79 Å². The van der Waals surface area contributed by atoms with Crippen molar-refractivity contribution >= 4 is 23.6 Å². The number of allylic oxidation sites excluding steroid dienone is 1. The molecule has 24 heavy (non-hydrogen) atoms. The molecule has 1 aliphatic rings. The quantitative estimate of drug-likeness (QED) is 0.654. The Bertz CT molecular complexity index is 629. The highest BCUT2D eigenvalue weighted by Gasteiger charge is 2.52. The van der Waals surface area contributed by atoms with Gasteiger partial charge in [-0.3, -0.25) is 4.79 Å². The molecule has 0 aromatic heterocycles. The summed E-state index contributed by atoms with van der Waals surface area (Å²) in [4.78, 5) is 25.9. The lowest BCUT2D eigenvalue weighted by atomic mass is 9.92. The standard InChI is InChI=1S/C18H22ClNO4/c1-4-8-13(21)15(19)16(22)20-14(18(2,3)24-17(20)23)11-12-9-6-5-7-10-12/h4-10,13-15,21H,11H2,1-3H3/b8-4+/t13-,14+,15+/m1/s1. The molecule has 1 N–H and O–H groups in total. The van der Waals surface area contributed by atoms with E-state index in [0.717, 1.165) is 10.5 Å². The van der Waals surface area contributed by atoms with Gasteiger partial charge in [0.15, 0.2) is 0 Å². The maximum Gasteiger partial charge on any atom is 0.417 e. The van der Waals surface area contributed by atoms with Crippen molar-refractivity contribution in [3.05, 3.63) is 48.0 Å². The average molecular weight is 352 g/mol. The Morgan fingerprint density at radius 1 is 1.42 bits per heavy atom. The number of alkyl halides is 1. The molecule has 0 spiro atoms. The summed E-state index contributed by atoms with van der Waals surface area (Å²) in [6.45, 7) is 5.23. The van der Waals surface area contributed by atoms with E-state index in [-0.39, 0.29) is 0 Å². The van der Waals surface area contributed by atoms with Crippen molar-refractivity contribution in [3.63, 3.8) is 0 Å². The second-order valence-electron chi connectivity index (χ2n) is 6.30. The van der Waals surface area contributed by atoms with Crippen LogP contribution in [0.3, 0.4) is 0 Å². The fourth-order valence-corrected chi connectivity index (χ4v) is 2.96. The first-order valence-electron chi connectivity index (χ1n) is 7.83. The Hall–Kier alpha value is -1.85. The van der Waals surface area contributed by atoms with Crippen LogP contribution in [0.2, 0.25) is 0 Å². The summed E-state index contributed by atoms with van der Waals surface area (Å²) in [5.74, 6) is -0.654. The number of aliphatic hydroxyl groups excluding tert-OH is 1. The van der Waals surface area contributed by atoms with E-state index in [9.17, 15) is 14.7 Å². The van der Waals surface area contributed by atoms with E-state index >= 15 is 0 Å². The van der Waals surface area contributed by atoms with E-state index in [1.54, 1.807) is 26.8 Å². The number of aliphatic hydroxyl groups is 1. The Morgan fingerprint density at radius 3 is 2.62 bits per heavy atom. The van der Waals surface area contributed by atoms with Gasteiger partial charge in [-0.2, -0.15) is 0 Å². The van der Waals surface area contributed by atoms with E-state index in [2.05, 4.69) is 0 Å². The maximum atomic E-state index is 12.7. The van der Waals surface area contributed by atoms with Gasteiger partial charge >= 0.3 is 6.09 Å². The fraction of sp³-hybridized carbons (Fsp3) is 0.444. The molecule has 130 valence electrons. The van der Waals surface area contributed by atoms with Crippen LogP contribution in [-0.2, 0) is 16.0 Å². The summed E-state index contributed by atoms with van der Waals surface area (Å²) in [6.07, 6.45) is 1.56. The number of benzene rings is 1. The second-order valence-corrected chi connectivity index (χ2v) is 6.77. The Balaban J connectivity index is 2.28. The van der Waals surface area contributed by atoms with Gasteiger partial charge in [-0.1, -0.05) is 42.5 Å². The molecule has 0 radical (unpaired) electrons. The Morgan fingerprint density at radius 2 is 2.04 bits per heavy atom. The van der Waals surface area contributed by atoms with Crippen LogP contribution >= 0.6 is 11.6 Å². The minimum absolute atomic E-state index is 0.453. The number of carbonyl (C=O) groups is 2. The summed E-state index contributed by atoms with van der Waals surface area (Å²) in [7, 11) is 0. The number of amides is 2. The van der Waals surface area contributed by atoms with Crippen molar-refractivity contribution in [2.45, 2.75) is 50.3 Å². The van der Waals surface area contributed by atoms with Crippen molar-refractivity contribution in [2.75, 3.05) is 0 Å². The first-order valence-corrected chi connectivity index (χ1v) is 8.26. The second kappa shape index (κ2) is 7.36. The molecule has 1 fully saturated rings. The van der Waals surface area contributed by atoms with Crippen LogP contribution in [0.15, 0.2) is 42.5 Å². The molecule has 0 saturated carbocycles. The Labute approximate surface area is 146 Å². The lowest BCUT2D eigenvalue weighted by Gasteiger charge is -2.29. The van der Waals surface area contributed by atoms with Crippen molar-refractivity contribution in [1.29, 1.82) is 0 Å². The number of cyclic esters (lactones) is 1. The van der Waals surface area contributed by atoms with Crippen LogP contribution in [0.25, 0.3) is 0 Å². The van der Waals surface area contributed by atoms with Crippen LogP contribution in [0, 0.1) is 0 Å². The van der Waals surface area contributed by atoms with Gasteiger partial charge in [0.1, 0.15) is 11.0 Å². The Kier molecular flexibility index (Phi) is 5.67. The zero-order chi connectivity index (χ0) is 17.9. The number of hydrogen-bond donors (Lipinski definition) is 1. The van der Waals surface area contributed by atoms with Gasteiger partial charge in [0, 0.05) is 0 Å². The maximum absolute atomic E-state index is 12.7. The fourth-order valence-electron chi connectivity index (χ4n) is 2.77. The largest absolute Gasteiger partial charge is 0.441 e. The SMILES string of the molecule is C/C=C/[C@@H](O)[C@H](Cl)C(=O)N1C(=O)OC(C)(C)[C@@H]1Cc1ccccc1. The summed E-state index contributed by atoms with van der Waals surface area (Å²) in [5.41, 5.74) is 0.136. The van der Waals surface area contributed by atoms with Crippen LogP contribution < -0.4 is 0 Å². The highest BCUT2D eigenvalue weighted by Crippen LogP contribution is 2.33. The number of halogens is 1. The minimum Gasteiger partial charge on any atom is -0.441 e. The zero-order valence-corrected chi connectivity index (χ0v) is 14.7. The number of nitrogens with zero attached hydrogens (tertiary/aromatic N) is 1. The lowest BCUT2D eigenvalue weighted by Crippen LogP contribution is -2.50. The van der Waals surface area contributed by atoms with Crippen LogP contribution in [0.1, 0.15) is 26.3 Å². The van der Waals surface area contributed by atoms with Gasteiger partial charge in [-0.25, -0.2) is 9.69 Å². The summed E-state index contributed by atoms with van der Waals surface area (Å²) < 4.78 is 5.37. The first kappa shape index (κ1) is 18.5. The summed E-state index contributed by atoms with van der Waals surface area (Å²) >= 11 is 6.07. The average Bonchev–Trinajstić information content (AvgIpc) is 2.76. The van der Waals surface area contributed by atoms with E-state index in [4.69, 9.17) is 16.3 Å². The van der Waals surface area contributed by atoms with Gasteiger partial charge in [0.2, 0.25) is 0 Å². The van der Waals surface area contributed by atoms with E-state index in [0.29, 0.717) is 6.42 Å². The van der Waals surface area contributed by atoms with Crippen molar-refractivity contribution in [3.8, 4) is 0 Å². The minimum atomic E-state index is -1.25. The highest BCUT2D eigenvalue weighted by atomic mass is 35.5. The molecule has 1 saturated heterocycles. The number of hydrogen-bond acceptors (Lipinski definition) is 4. The molecule has 0 aliphatic carbocycles. The molecule has 3 atom stereocenters. The summed E-state index contributed by atoms with van der Waals surface area (Å²) in [5, 5.41) is 8.67. The number of imide groups is 1. The van der Waals surface area contributed by atoms with Crippen molar-refractivity contribution < 1.29 is 19.4 Å². The molecule has 2 amide bonds.